The number of hydrogen-bond donors (Lipinski definition) is 1. The Hall–Kier alpha value is -1.48. The minimum Gasteiger partial charge on any atom is -0.478 e. The van der Waals surface area contributed by atoms with Gasteiger partial charge in [-0.25, -0.2) is 4.79 Å². The molecule has 0 fully saturated rings. The van der Waals surface area contributed by atoms with Crippen molar-refractivity contribution in [2.45, 2.75) is 0 Å². The molecule has 0 aliphatic rings. The minimum atomic E-state index is -1.00. The zero-order chi connectivity index (χ0) is 9.68. The SMILES string of the molecule is O=C(O)C(C=S)=Cc1ccccc1. The van der Waals surface area contributed by atoms with Crippen molar-refractivity contribution >= 4 is 29.6 Å². The van der Waals surface area contributed by atoms with Crippen molar-refractivity contribution in [2.75, 3.05) is 0 Å². The maximum Gasteiger partial charge on any atom is 0.336 e. The van der Waals surface area contributed by atoms with Crippen LogP contribution in [0.4, 0.5) is 0 Å². The predicted molar refractivity (Wildman–Crippen MR) is 55.7 cm³/mol. The van der Waals surface area contributed by atoms with Crippen LogP contribution in [0.3, 0.4) is 0 Å². The summed E-state index contributed by atoms with van der Waals surface area (Å²) in [5.74, 6) is -1.00. The number of aliphatic carboxylic acids is 1. The largest absolute Gasteiger partial charge is 0.478 e. The molecule has 3 heteroatoms. The summed E-state index contributed by atoms with van der Waals surface area (Å²) in [6.07, 6.45) is 1.54. The first-order chi connectivity index (χ1) is 6.24. The van der Waals surface area contributed by atoms with Gasteiger partial charge in [0, 0.05) is 5.37 Å². The van der Waals surface area contributed by atoms with Gasteiger partial charge in [-0.15, -0.1) is 0 Å². The second kappa shape index (κ2) is 4.52. The first-order valence-electron chi connectivity index (χ1n) is 3.69. The summed E-state index contributed by atoms with van der Waals surface area (Å²) >= 11 is 4.57. The monoisotopic (exact) mass is 192 g/mol. The number of benzene rings is 1. The number of carbonyl (C=O) groups is 1. The standard InChI is InChI=1S/C10H8O2S/c11-10(12)9(7-13)6-8-4-2-1-3-5-8/h1-7H,(H,11,12). The molecule has 2 nitrogen and oxygen atoms in total. The molecule has 0 heterocycles. The van der Waals surface area contributed by atoms with E-state index in [-0.39, 0.29) is 5.57 Å². The first kappa shape index (κ1) is 9.61. The van der Waals surface area contributed by atoms with Gasteiger partial charge in [0.15, 0.2) is 0 Å². The molecule has 0 atom stereocenters. The number of rotatable bonds is 3. The van der Waals surface area contributed by atoms with Gasteiger partial charge in [0.25, 0.3) is 0 Å². The average molecular weight is 192 g/mol. The Morgan fingerprint density at radius 1 is 1.31 bits per heavy atom. The summed E-state index contributed by atoms with van der Waals surface area (Å²) in [6.45, 7) is 0. The van der Waals surface area contributed by atoms with E-state index in [2.05, 4.69) is 12.2 Å². The van der Waals surface area contributed by atoms with Crippen molar-refractivity contribution < 1.29 is 9.90 Å². The van der Waals surface area contributed by atoms with Gasteiger partial charge in [-0.1, -0.05) is 42.5 Å². The van der Waals surface area contributed by atoms with Crippen LogP contribution in [0.15, 0.2) is 35.9 Å². The fourth-order valence-electron chi connectivity index (χ4n) is 0.875. The van der Waals surface area contributed by atoms with Gasteiger partial charge in [0.2, 0.25) is 0 Å². The van der Waals surface area contributed by atoms with E-state index in [1.54, 1.807) is 0 Å². The summed E-state index contributed by atoms with van der Waals surface area (Å²) in [5, 5.41) is 9.83. The fourth-order valence-corrected chi connectivity index (χ4v) is 1.04. The molecule has 0 unspecified atom stereocenters. The zero-order valence-electron chi connectivity index (χ0n) is 6.81. The summed E-state index contributed by atoms with van der Waals surface area (Å²) in [7, 11) is 0. The molecule has 0 spiro atoms. The maximum atomic E-state index is 10.6. The average Bonchev–Trinajstić information content (AvgIpc) is 2.15. The molecule has 0 radical (unpaired) electrons. The number of thiocarbonyl (C=S) groups is 1. The van der Waals surface area contributed by atoms with E-state index < -0.39 is 5.97 Å². The first-order valence-corrected chi connectivity index (χ1v) is 4.16. The molecule has 66 valence electrons. The second-order valence-electron chi connectivity index (χ2n) is 2.43. The Bertz CT molecular complexity index is 341. The summed E-state index contributed by atoms with van der Waals surface area (Å²) in [5.41, 5.74) is 0.960. The third kappa shape index (κ3) is 2.80. The fraction of sp³-hybridized carbons (Fsp3) is 0. The van der Waals surface area contributed by atoms with Gasteiger partial charge in [-0.2, -0.15) is 0 Å². The van der Waals surface area contributed by atoms with E-state index >= 15 is 0 Å². The minimum absolute atomic E-state index is 0.126. The summed E-state index contributed by atoms with van der Waals surface area (Å²) in [4.78, 5) is 10.6. The molecule has 1 N–H and O–H groups in total. The number of carboxylic acids is 1. The molecule has 1 aromatic rings. The van der Waals surface area contributed by atoms with Crippen LogP contribution in [-0.2, 0) is 4.79 Å². The van der Waals surface area contributed by atoms with Crippen LogP contribution in [0.2, 0.25) is 0 Å². The van der Waals surface area contributed by atoms with Crippen molar-refractivity contribution in [1.82, 2.24) is 0 Å². The Morgan fingerprint density at radius 3 is 2.38 bits per heavy atom. The van der Waals surface area contributed by atoms with Gasteiger partial charge in [-0.05, 0) is 11.6 Å². The van der Waals surface area contributed by atoms with Gasteiger partial charge in [0.1, 0.15) is 0 Å². The molecule has 1 aromatic carbocycles. The van der Waals surface area contributed by atoms with E-state index in [0.29, 0.717) is 0 Å². The van der Waals surface area contributed by atoms with Crippen LogP contribution in [0.25, 0.3) is 6.08 Å². The van der Waals surface area contributed by atoms with Crippen molar-refractivity contribution in [3.05, 3.63) is 41.5 Å². The molecule has 0 aliphatic carbocycles. The molecule has 1 rings (SSSR count). The lowest BCUT2D eigenvalue weighted by Gasteiger charge is -1.94. The topological polar surface area (TPSA) is 37.3 Å². The lowest BCUT2D eigenvalue weighted by atomic mass is 10.1. The van der Waals surface area contributed by atoms with Gasteiger partial charge < -0.3 is 5.11 Å². The third-order valence-electron chi connectivity index (χ3n) is 1.50. The van der Waals surface area contributed by atoms with Crippen LogP contribution in [0, 0.1) is 0 Å². The van der Waals surface area contributed by atoms with E-state index in [4.69, 9.17) is 5.11 Å². The van der Waals surface area contributed by atoms with Crippen molar-refractivity contribution in [2.24, 2.45) is 0 Å². The molecular weight excluding hydrogens is 184 g/mol. The van der Waals surface area contributed by atoms with Crippen LogP contribution in [0.1, 0.15) is 5.56 Å². The van der Waals surface area contributed by atoms with Crippen LogP contribution >= 0.6 is 12.2 Å². The Kier molecular flexibility index (Phi) is 3.34. The lowest BCUT2D eigenvalue weighted by Crippen LogP contribution is -1.99. The number of carboxylic acid groups (broad SMARTS) is 1. The molecule has 0 saturated carbocycles. The van der Waals surface area contributed by atoms with Crippen molar-refractivity contribution in [3.63, 3.8) is 0 Å². The van der Waals surface area contributed by atoms with E-state index in [9.17, 15) is 4.79 Å². The van der Waals surface area contributed by atoms with Crippen LogP contribution in [-0.4, -0.2) is 16.4 Å². The molecule has 0 saturated heterocycles. The molecule has 13 heavy (non-hydrogen) atoms. The third-order valence-corrected chi connectivity index (χ3v) is 1.75. The quantitative estimate of drug-likeness (QED) is 0.589. The summed E-state index contributed by atoms with van der Waals surface area (Å²) < 4.78 is 0. The number of hydrogen-bond acceptors (Lipinski definition) is 2. The normalized spacial score (nSPS) is 10.9. The molecule has 0 aliphatic heterocycles. The predicted octanol–water partition coefficient (Wildman–Crippen LogP) is 2.15. The second-order valence-corrected chi connectivity index (χ2v) is 2.67. The highest BCUT2D eigenvalue weighted by Crippen LogP contribution is 2.05. The lowest BCUT2D eigenvalue weighted by molar-refractivity contribution is -0.131. The van der Waals surface area contributed by atoms with Crippen LogP contribution in [0.5, 0.6) is 0 Å². The Balaban J connectivity index is 2.98. The van der Waals surface area contributed by atoms with E-state index in [1.165, 1.54) is 6.08 Å². The van der Waals surface area contributed by atoms with E-state index in [0.717, 1.165) is 10.9 Å². The van der Waals surface area contributed by atoms with Crippen LogP contribution < -0.4 is 0 Å². The zero-order valence-corrected chi connectivity index (χ0v) is 7.62. The van der Waals surface area contributed by atoms with Crippen molar-refractivity contribution in [1.29, 1.82) is 0 Å². The highest BCUT2D eigenvalue weighted by Gasteiger charge is 2.01. The highest BCUT2D eigenvalue weighted by atomic mass is 32.1. The Labute approximate surface area is 81.5 Å². The molecule has 0 amide bonds. The Morgan fingerprint density at radius 2 is 1.92 bits per heavy atom. The van der Waals surface area contributed by atoms with E-state index in [1.807, 2.05) is 30.3 Å². The van der Waals surface area contributed by atoms with Crippen molar-refractivity contribution in [3.8, 4) is 0 Å². The smallest absolute Gasteiger partial charge is 0.336 e. The van der Waals surface area contributed by atoms with Gasteiger partial charge in [-0.3, -0.25) is 0 Å². The molecule has 0 aromatic heterocycles. The highest BCUT2D eigenvalue weighted by molar-refractivity contribution is 7.79. The molecular formula is C10H8O2S. The summed E-state index contributed by atoms with van der Waals surface area (Å²) in [6, 6.07) is 9.20. The maximum absolute atomic E-state index is 10.6. The van der Waals surface area contributed by atoms with Gasteiger partial charge >= 0.3 is 5.97 Å². The molecule has 0 bridgehead atoms. The van der Waals surface area contributed by atoms with Gasteiger partial charge in [0.05, 0.1) is 5.57 Å².